The molecule has 0 saturated heterocycles. The maximum atomic E-state index is 13.1. The van der Waals surface area contributed by atoms with Crippen molar-refractivity contribution in [3.05, 3.63) is 80.7 Å². The van der Waals surface area contributed by atoms with Crippen molar-refractivity contribution in [2.45, 2.75) is 51.4 Å². The standard InChI is InChI=1S/C28H26BrNO5/c1-16-5-2-6-18(13-16)30-25(33)15-34-22-12-11-17(29)14-19(22)26-27-20(31)7-3-9-23(27)35-24-10-4-8-21(32)28(24)26/h2,5-6,11-14,26H,3-4,7-10,15H2,1H3,(H,30,33). The first-order chi connectivity index (χ1) is 16.9. The summed E-state index contributed by atoms with van der Waals surface area (Å²) in [5.41, 5.74) is 3.54. The molecule has 3 aliphatic rings. The SMILES string of the molecule is Cc1cccc(NC(=O)COc2ccc(Br)cc2C2C3=C(CCCC3=O)OC3=C2C(=O)CCC3)c1. The van der Waals surface area contributed by atoms with Crippen molar-refractivity contribution in [2.24, 2.45) is 0 Å². The molecule has 7 heteroatoms. The number of ketones is 2. The van der Waals surface area contributed by atoms with Crippen LogP contribution in [0.5, 0.6) is 5.75 Å². The lowest BCUT2D eigenvalue weighted by molar-refractivity contribution is -0.119. The zero-order valence-corrected chi connectivity index (χ0v) is 21.1. The minimum atomic E-state index is -0.554. The van der Waals surface area contributed by atoms with Gasteiger partial charge in [0.1, 0.15) is 17.3 Å². The molecule has 2 aromatic rings. The van der Waals surface area contributed by atoms with Crippen LogP contribution in [0.4, 0.5) is 5.69 Å². The zero-order chi connectivity index (χ0) is 24.5. The van der Waals surface area contributed by atoms with Gasteiger partial charge in [-0.1, -0.05) is 28.1 Å². The molecule has 6 nitrogen and oxygen atoms in total. The van der Waals surface area contributed by atoms with Gasteiger partial charge in [0.25, 0.3) is 5.91 Å². The molecule has 1 aliphatic heterocycles. The molecule has 0 spiro atoms. The van der Waals surface area contributed by atoms with Crippen LogP contribution in [0.25, 0.3) is 0 Å². The van der Waals surface area contributed by atoms with Gasteiger partial charge < -0.3 is 14.8 Å². The van der Waals surface area contributed by atoms with Gasteiger partial charge >= 0.3 is 0 Å². The van der Waals surface area contributed by atoms with Crippen molar-refractivity contribution < 1.29 is 23.9 Å². The fourth-order valence-corrected chi connectivity index (χ4v) is 5.45. The lowest BCUT2D eigenvalue weighted by Crippen LogP contribution is -2.30. The lowest BCUT2D eigenvalue weighted by atomic mass is 9.73. The van der Waals surface area contributed by atoms with Crippen molar-refractivity contribution in [3.63, 3.8) is 0 Å². The Hall–Kier alpha value is -3.19. The average Bonchev–Trinajstić information content (AvgIpc) is 2.82. The fourth-order valence-electron chi connectivity index (χ4n) is 5.07. The van der Waals surface area contributed by atoms with Crippen molar-refractivity contribution in [3.8, 4) is 5.75 Å². The van der Waals surface area contributed by atoms with Gasteiger partial charge in [-0.15, -0.1) is 0 Å². The van der Waals surface area contributed by atoms with E-state index in [-0.39, 0.29) is 24.1 Å². The maximum Gasteiger partial charge on any atom is 0.262 e. The number of anilines is 1. The quantitative estimate of drug-likeness (QED) is 0.515. The first-order valence-corrected chi connectivity index (χ1v) is 12.7. The number of halogens is 1. The first-order valence-electron chi connectivity index (χ1n) is 11.9. The van der Waals surface area contributed by atoms with E-state index < -0.39 is 5.92 Å². The number of nitrogens with one attached hydrogen (secondary N) is 1. The van der Waals surface area contributed by atoms with E-state index in [4.69, 9.17) is 9.47 Å². The largest absolute Gasteiger partial charge is 0.483 e. The van der Waals surface area contributed by atoms with Gasteiger partial charge in [0, 0.05) is 52.6 Å². The molecular formula is C28H26BrNO5. The van der Waals surface area contributed by atoms with Crippen LogP contribution >= 0.6 is 15.9 Å². The van der Waals surface area contributed by atoms with Gasteiger partial charge in [-0.3, -0.25) is 14.4 Å². The number of hydrogen-bond donors (Lipinski definition) is 1. The van der Waals surface area contributed by atoms with Crippen LogP contribution in [-0.2, 0) is 19.1 Å². The van der Waals surface area contributed by atoms with Crippen molar-refractivity contribution in [1.29, 1.82) is 0 Å². The van der Waals surface area contributed by atoms with Crippen LogP contribution < -0.4 is 10.1 Å². The Morgan fingerprint density at radius 2 is 1.69 bits per heavy atom. The normalized spacial score (nSPS) is 18.1. The predicted molar refractivity (Wildman–Crippen MR) is 135 cm³/mol. The monoisotopic (exact) mass is 535 g/mol. The minimum Gasteiger partial charge on any atom is -0.483 e. The molecular weight excluding hydrogens is 510 g/mol. The van der Waals surface area contributed by atoms with Crippen molar-refractivity contribution in [1.82, 2.24) is 0 Å². The molecule has 0 atom stereocenters. The predicted octanol–water partition coefficient (Wildman–Crippen LogP) is 5.90. The van der Waals surface area contributed by atoms with Crippen LogP contribution in [0.15, 0.2) is 69.6 Å². The molecule has 0 saturated carbocycles. The second-order valence-corrected chi connectivity index (χ2v) is 10.1. The highest BCUT2D eigenvalue weighted by molar-refractivity contribution is 9.10. The maximum absolute atomic E-state index is 13.1. The molecule has 1 amide bonds. The van der Waals surface area contributed by atoms with E-state index in [2.05, 4.69) is 21.2 Å². The number of allylic oxidation sites excluding steroid dienone is 4. The number of benzene rings is 2. The van der Waals surface area contributed by atoms with Crippen LogP contribution in [0.3, 0.4) is 0 Å². The summed E-state index contributed by atoms with van der Waals surface area (Å²) in [5.74, 6) is 0.967. The molecule has 0 bridgehead atoms. The number of rotatable bonds is 5. The second kappa shape index (κ2) is 9.82. The highest BCUT2D eigenvalue weighted by Gasteiger charge is 2.42. The number of carbonyl (C=O) groups is 3. The molecule has 2 aliphatic carbocycles. The number of carbonyl (C=O) groups excluding carboxylic acids is 3. The number of amides is 1. The third kappa shape index (κ3) is 4.82. The Morgan fingerprint density at radius 3 is 2.34 bits per heavy atom. The summed E-state index contributed by atoms with van der Waals surface area (Å²) in [6.45, 7) is 1.75. The Balaban J connectivity index is 1.49. The molecule has 0 fully saturated rings. The summed E-state index contributed by atoms with van der Waals surface area (Å²) in [4.78, 5) is 38.8. The molecule has 0 unspecified atom stereocenters. The topological polar surface area (TPSA) is 81.7 Å². The third-order valence-corrected chi connectivity index (χ3v) is 7.08. The van der Waals surface area contributed by atoms with E-state index in [1.165, 1.54) is 0 Å². The fraction of sp³-hybridized carbons (Fsp3) is 0.321. The van der Waals surface area contributed by atoms with E-state index in [0.717, 1.165) is 22.9 Å². The molecule has 1 N–H and O–H groups in total. The van der Waals surface area contributed by atoms with Gasteiger partial charge in [0.05, 0.1) is 5.92 Å². The average molecular weight is 536 g/mol. The molecule has 0 radical (unpaired) electrons. The van der Waals surface area contributed by atoms with Crippen molar-refractivity contribution in [2.75, 3.05) is 11.9 Å². The third-order valence-electron chi connectivity index (χ3n) is 6.58. The molecule has 0 aromatic heterocycles. The second-order valence-electron chi connectivity index (χ2n) is 9.15. The molecule has 5 rings (SSSR count). The highest BCUT2D eigenvalue weighted by Crippen LogP contribution is 2.50. The van der Waals surface area contributed by atoms with Gasteiger partial charge in [0.15, 0.2) is 18.2 Å². The van der Waals surface area contributed by atoms with Gasteiger partial charge in [-0.25, -0.2) is 0 Å². The molecule has 1 heterocycles. The van der Waals surface area contributed by atoms with Crippen LogP contribution in [-0.4, -0.2) is 24.1 Å². The van der Waals surface area contributed by atoms with E-state index in [1.54, 1.807) is 6.07 Å². The summed E-state index contributed by atoms with van der Waals surface area (Å²) in [6.07, 6.45) is 3.68. The number of aryl methyl sites for hydroxylation is 1. The summed E-state index contributed by atoms with van der Waals surface area (Å²) >= 11 is 3.53. The summed E-state index contributed by atoms with van der Waals surface area (Å²) in [5, 5.41) is 2.85. The lowest BCUT2D eigenvalue weighted by Gasteiger charge is -2.36. The van der Waals surface area contributed by atoms with Crippen molar-refractivity contribution >= 4 is 39.1 Å². The molecule has 2 aromatic carbocycles. The highest BCUT2D eigenvalue weighted by atomic mass is 79.9. The van der Waals surface area contributed by atoms with E-state index >= 15 is 0 Å². The van der Waals surface area contributed by atoms with Gasteiger partial charge in [-0.2, -0.15) is 0 Å². The molecule has 35 heavy (non-hydrogen) atoms. The summed E-state index contributed by atoms with van der Waals surface area (Å²) in [6, 6.07) is 13.0. The van der Waals surface area contributed by atoms with E-state index in [0.29, 0.717) is 65.3 Å². The Labute approximate surface area is 212 Å². The Bertz CT molecular complexity index is 1250. The Kier molecular flexibility index (Phi) is 6.60. The van der Waals surface area contributed by atoms with Gasteiger partial charge in [0.2, 0.25) is 0 Å². The summed E-state index contributed by atoms with van der Waals surface area (Å²) < 4.78 is 12.9. The zero-order valence-electron chi connectivity index (χ0n) is 19.5. The van der Waals surface area contributed by atoms with Gasteiger partial charge in [-0.05, 0) is 55.7 Å². The van der Waals surface area contributed by atoms with Crippen LogP contribution in [0, 0.1) is 6.92 Å². The number of Topliss-reactive ketones (excluding diaryl/α,β-unsaturated/α-hetero) is 2. The first kappa shape index (κ1) is 23.5. The van der Waals surface area contributed by atoms with Crippen LogP contribution in [0.1, 0.15) is 55.6 Å². The number of ether oxygens (including phenoxy) is 2. The van der Waals surface area contributed by atoms with E-state index in [9.17, 15) is 14.4 Å². The van der Waals surface area contributed by atoms with E-state index in [1.807, 2.05) is 43.3 Å². The summed E-state index contributed by atoms with van der Waals surface area (Å²) in [7, 11) is 0. The molecule has 180 valence electrons. The van der Waals surface area contributed by atoms with Crippen LogP contribution in [0.2, 0.25) is 0 Å². The minimum absolute atomic E-state index is 0.00397. The Morgan fingerprint density at radius 1 is 1.00 bits per heavy atom. The number of hydrogen-bond acceptors (Lipinski definition) is 5. The smallest absolute Gasteiger partial charge is 0.262 e.